The van der Waals surface area contributed by atoms with Crippen molar-refractivity contribution >= 4 is 11.7 Å². The maximum atomic E-state index is 11.2. The monoisotopic (exact) mass is 294 g/mol. The van der Waals surface area contributed by atoms with Gasteiger partial charge in [0.15, 0.2) is 0 Å². The highest BCUT2D eigenvalue weighted by molar-refractivity contribution is 5.73. The number of unbranched alkanes of at least 4 members (excludes halogenated alkanes) is 1. The van der Waals surface area contributed by atoms with Gasteiger partial charge in [-0.05, 0) is 37.5 Å². The molecule has 0 spiro atoms. The van der Waals surface area contributed by atoms with Crippen LogP contribution in [0.4, 0.5) is 5.69 Å². The molecule has 2 atom stereocenters. The molecule has 0 aromatic heterocycles. The number of ether oxygens (including phenoxy) is 1. The number of anilines is 1. The van der Waals surface area contributed by atoms with Gasteiger partial charge in [0.25, 0.3) is 0 Å². The van der Waals surface area contributed by atoms with Crippen LogP contribution in [0.1, 0.15) is 38.7 Å². The van der Waals surface area contributed by atoms with Crippen LogP contribution in [0.2, 0.25) is 0 Å². The van der Waals surface area contributed by atoms with Crippen LogP contribution in [0.15, 0.2) is 18.2 Å². The predicted molar refractivity (Wildman–Crippen MR) is 84.7 cm³/mol. The molecule has 0 heterocycles. The SMILES string of the molecule is CCCCC(NC(C)Cc1ccc(OC)c(N)c1)C(=O)O. The molecule has 118 valence electrons. The average Bonchev–Trinajstić information content (AvgIpc) is 2.43. The van der Waals surface area contributed by atoms with Gasteiger partial charge in [-0.1, -0.05) is 25.8 Å². The molecule has 21 heavy (non-hydrogen) atoms. The first-order valence-electron chi connectivity index (χ1n) is 7.39. The number of hydrogen-bond acceptors (Lipinski definition) is 4. The number of carboxylic acid groups (broad SMARTS) is 1. The summed E-state index contributed by atoms with van der Waals surface area (Å²) in [6, 6.07) is 5.24. The summed E-state index contributed by atoms with van der Waals surface area (Å²) in [6.45, 7) is 4.05. The normalized spacial score (nSPS) is 13.7. The number of nitrogens with two attached hydrogens (primary N) is 1. The molecule has 5 nitrogen and oxygen atoms in total. The zero-order valence-electron chi connectivity index (χ0n) is 13.1. The Morgan fingerprint density at radius 3 is 2.71 bits per heavy atom. The lowest BCUT2D eigenvalue weighted by atomic mass is 10.0. The Morgan fingerprint density at radius 1 is 1.48 bits per heavy atom. The van der Waals surface area contributed by atoms with Gasteiger partial charge in [0, 0.05) is 6.04 Å². The molecular weight excluding hydrogens is 268 g/mol. The number of carboxylic acids is 1. The van der Waals surface area contributed by atoms with Crippen LogP contribution >= 0.6 is 0 Å². The molecule has 2 unspecified atom stereocenters. The van der Waals surface area contributed by atoms with E-state index in [1.165, 1.54) is 0 Å². The highest BCUT2D eigenvalue weighted by Crippen LogP contribution is 2.22. The first kappa shape index (κ1) is 17.3. The lowest BCUT2D eigenvalue weighted by molar-refractivity contribution is -0.139. The Morgan fingerprint density at radius 2 is 2.19 bits per heavy atom. The summed E-state index contributed by atoms with van der Waals surface area (Å²) < 4.78 is 5.13. The number of methoxy groups -OCH3 is 1. The Balaban J connectivity index is 2.60. The minimum Gasteiger partial charge on any atom is -0.495 e. The van der Waals surface area contributed by atoms with Gasteiger partial charge in [-0.15, -0.1) is 0 Å². The van der Waals surface area contributed by atoms with Crippen molar-refractivity contribution < 1.29 is 14.6 Å². The number of aliphatic carboxylic acids is 1. The molecule has 0 saturated heterocycles. The highest BCUT2D eigenvalue weighted by Gasteiger charge is 2.19. The molecule has 0 bridgehead atoms. The summed E-state index contributed by atoms with van der Waals surface area (Å²) >= 11 is 0. The molecular formula is C16H26N2O3. The molecule has 0 saturated carbocycles. The first-order chi connectivity index (χ1) is 9.97. The van der Waals surface area contributed by atoms with E-state index in [9.17, 15) is 9.90 Å². The zero-order valence-corrected chi connectivity index (χ0v) is 13.1. The largest absolute Gasteiger partial charge is 0.495 e. The first-order valence-corrected chi connectivity index (χ1v) is 7.39. The van der Waals surface area contributed by atoms with Crippen molar-refractivity contribution in [3.63, 3.8) is 0 Å². The van der Waals surface area contributed by atoms with Gasteiger partial charge in [0.05, 0.1) is 12.8 Å². The van der Waals surface area contributed by atoms with Crippen molar-refractivity contribution in [2.24, 2.45) is 0 Å². The second-order valence-corrected chi connectivity index (χ2v) is 5.38. The molecule has 5 heteroatoms. The molecule has 1 aromatic rings. The summed E-state index contributed by atoms with van der Waals surface area (Å²) in [7, 11) is 1.58. The van der Waals surface area contributed by atoms with E-state index in [0.29, 0.717) is 17.9 Å². The Hall–Kier alpha value is -1.75. The van der Waals surface area contributed by atoms with Crippen LogP contribution in [0.25, 0.3) is 0 Å². The lowest BCUT2D eigenvalue weighted by Crippen LogP contribution is -2.42. The minimum absolute atomic E-state index is 0.0655. The number of benzene rings is 1. The van der Waals surface area contributed by atoms with Crippen molar-refractivity contribution in [2.45, 2.75) is 51.6 Å². The predicted octanol–water partition coefficient (Wildman–Crippen LogP) is 2.44. The van der Waals surface area contributed by atoms with E-state index in [1.807, 2.05) is 25.1 Å². The highest BCUT2D eigenvalue weighted by atomic mass is 16.5. The zero-order chi connectivity index (χ0) is 15.8. The summed E-state index contributed by atoms with van der Waals surface area (Å²) in [6.07, 6.45) is 3.28. The summed E-state index contributed by atoms with van der Waals surface area (Å²) in [5.74, 6) is -0.129. The Labute approximate surface area is 126 Å². The number of hydrogen-bond donors (Lipinski definition) is 3. The van der Waals surface area contributed by atoms with Gasteiger partial charge in [-0.3, -0.25) is 4.79 Å². The third-order valence-corrected chi connectivity index (χ3v) is 3.47. The van der Waals surface area contributed by atoms with Gasteiger partial charge in [0.2, 0.25) is 0 Å². The van der Waals surface area contributed by atoms with Crippen LogP contribution in [0.3, 0.4) is 0 Å². The molecule has 4 N–H and O–H groups in total. The second-order valence-electron chi connectivity index (χ2n) is 5.38. The third-order valence-electron chi connectivity index (χ3n) is 3.47. The van der Waals surface area contributed by atoms with Gasteiger partial charge in [-0.2, -0.15) is 0 Å². The van der Waals surface area contributed by atoms with Crippen LogP contribution in [-0.4, -0.2) is 30.3 Å². The van der Waals surface area contributed by atoms with Crippen LogP contribution in [0, 0.1) is 0 Å². The number of rotatable bonds is 9. The minimum atomic E-state index is -0.787. The molecule has 0 aliphatic carbocycles. The van der Waals surface area contributed by atoms with Gasteiger partial charge in [0.1, 0.15) is 11.8 Å². The number of nitrogens with one attached hydrogen (secondary N) is 1. The maximum absolute atomic E-state index is 11.2. The summed E-state index contributed by atoms with van der Waals surface area (Å²) in [5.41, 5.74) is 7.55. The number of carbonyl (C=O) groups is 1. The van der Waals surface area contributed by atoms with Crippen molar-refractivity contribution in [1.29, 1.82) is 0 Å². The molecule has 0 radical (unpaired) electrons. The molecule has 0 fully saturated rings. The molecule has 0 aliphatic rings. The van der Waals surface area contributed by atoms with Crippen LogP contribution in [0.5, 0.6) is 5.75 Å². The van der Waals surface area contributed by atoms with Gasteiger partial charge < -0.3 is 20.9 Å². The summed E-state index contributed by atoms with van der Waals surface area (Å²) in [5, 5.41) is 12.4. The van der Waals surface area contributed by atoms with Crippen molar-refractivity contribution in [3.05, 3.63) is 23.8 Å². The van der Waals surface area contributed by atoms with E-state index in [4.69, 9.17) is 10.5 Å². The van der Waals surface area contributed by atoms with Crippen molar-refractivity contribution in [1.82, 2.24) is 5.32 Å². The maximum Gasteiger partial charge on any atom is 0.320 e. The Bertz CT molecular complexity index is 463. The van der Waals surface area contributed by atoms with Crippen molar-refractivity contribution in [3.8, 4) is 5.75 Å². The fraction of sp³-hybridized carbons (Fsp3) is 0.562. The standard InChI is InChI=1S/C16H26N2O3/c1-4-5-6-14(16(19)20)18-11(2)9-12-7-8-15(21-3)13(17)10-12/h7-8,10-11,14,18H,4-6,9,17H2,1-3H3,(H,19,20). The second kappa shape index (κ2) is 8.52. The molecule has 0 amide bonds. The quantitative estimate of drug-likeness (QED) is 0.609. The van der Waals surface area contributed by atoms with E-state index in [1.54, 1.807) is 7.11 Å². The molecule has 1 rings (SSSR count). The van der Waals surface area contributed by atoms with Crippen molar-refractivity contribution in [2.75, 3.05) is 12.8 Å². The van der Waals surface area contributed by atoms with E-state index >= 15 is 0 Å². The van der Waals surface area contributed by atoms with E-state index in [-0.39, 0.29) is 6.04 Å². The van der Waals surface area contributed by atoms with E-state index < -0.39 is 12.0 Å². The smallest absolute Gasteiger partial charge is 0.320 e. The van der Waals surface area contributed by atoms with E-state index in [0.717, 1.165) is 24.8 Å². The molecule has 1 aromatic carbocycles. The topological polar surface area (TPSA) is 84.6 Å². The van der Waals surface area contributed by atoms with Crippen LogP contribution < -0.4 is 15.8 Å². The van der Waals surface area contributed by atoms with Gasteiger partial charge in [-0.25, -0.2) is 0 Å². The fourth-order valence-electron chi connectivity index (χ4n) is 2.35. The third kappa shape index (κ3) is 5.63. The average molecular weight is 294 g/mol. The van der Waals surface area contributed by atoms with Crippen LogP contribution in [-0.2, 0) is 11.2 Å². The van der Waals surface area contributed by atoms with E-state index in [2.05, 4.69) is 12.2 Å². The Kier molecular flexibility index (Phi) is 7.02. The summed E-state index contributed by atoms with van der Waals surface area (Å²) in [4.78, 5) is 11.2. The van der Waals surface area contributed by atoms with Gasteiger partial charge >= 0.3 is 5.97 Å². The lowest BCUT2D eigenvalue weighted by Gasteiger charge is -2.20. The fourth-order valence-corrected chi connectivity index (χ4v) is 2.35. The molecule has 0 aliphatic heterocycles. The number of nitrogen functional groups attached to an aromatic ring is 1.